The predicted octanol–water partition coefficient (Wildman–Crippen LogP) is 3.34. The van der Waals surface area contributed by atoms with Crippen molar-refractivity contribution in [1.82, 2.24) is 9.88 Å². The number of rotatable bonds is 3. The third-order valence-electron chi connectivity index (χ3n) is 2.17. The van der Waals surface area contributed by atoms with Crippen molar-refractivity contribution in [2.75, 3.05) is 7.05 Å². The Kier molecular flexibility index (Phi) is 4.98. The van der Waals surface area contributed by atoms with Crippen LogP contribution in [0.3, 0.4) is 0 Å². The van der Waals surface area contributed by atoms with Gasteiger partial charge in [0.15, 0.2) is 17.0 Å². The number of aldehydes is 1. The zero-order chi connectivity index (χ0) is 16.4. The van der Waals surface area contributed by atoms with Crippen molar-refractivity contribution in [3.8, 4) is 0 Å². The summed E-state index contributed by atoms with van der Waals surface area (Å²) in [7, 11) is 1.31. The predicted molar refractivity (Wildman–Crippen MR) is 70.2 cm³/mol. The number of halogens is 3. The fraction of sp³-hybridized carbons (Fsp3) is 0.583. The minimum absolute atomic E-state index is 0.210. The van der Waals surface area contributed by atoms with E-state index in [-0.39, 0.29) is 22.7 Å². The van der Waals surface area contributed by atoms with Gasteiger partial charge in [0.1, 0.15) is 5.60 Å². The van der Waals surface area contributed by atoms with Crippen LogP contribution in [0, 0.1) is 0 Å². The number of aromatic nitrogens is 1. The molecule has 1 heterocycles. The molecule has 0 N–H and O–H groups in total. The Morgan fingerprint density at radius 1 is 1.38 bits per heavy atom. The molecular formula is C12H15F3N2O3S. The Labute approximate surface area is 123 Å². The van der Waals surface area contributed by atoms with E-state index in [1.165, 1.54) is 7.05 Å². The third-order valence-corrected chi connectivity index (χ3v) is 3.13. The molecular weight excluding hydrogens is 309 g/mol. The van der Waals surface area contributed by atoms with Gasteiger partial charge in [-0.25, -0.2) is 9.78 Å². The number of alkyl halides is 3. The topological polar surface area (TPSA) is 59.5 Å². The highest BCUT2D eigenvalue weighted by atomic mass is 32.1. The molecule has 0 aliphatic rings. The second kappa shape index (κ2) is 6.00. The number of carbonyl (C=O) groups is 2. The minimum atomic E-state index is -4.68. The van der Waals surface area contributed by atoms with Gasteiger partial charge in [0.25, 0.3) is 0 Å². The summed E-state index contributed by atoms with van der Waals surface area (Å²) < 4.78 is 43.5. The highest BCUT2D eigenvalue weighted by Crippen LogP contribution is 2.34. The Balaban J connectivity index is 2.94. The Hall–Kier alpha value is -1.64. The molecule has 0 aliphatic heterocycles. The molecule has 1 rings (SSSR count). The number of hydrogen-bond donors (Lipinski definition) is 0. The summed E-state index contributed by atoms with van der Waals surface area (Å²) in [5.41, 5.74) is -1.90. The van der Waals surface area contributed by atoms with E-state index in [2.05, 4.69) is 4.98 Å². The van der Waals surface area contributed by atoms with Gasteiger partial charge in [-0.15, -0.1) is 11.3 Å². The summed E-state index contributed by atoms with van der Waals surface area (Å²) in [6.45, 7) is 4.61. The molecule has 0 aromatic carbocycles. The molecule has 118 valence electrons. The molecule has 0 unspecified atom stereocenters. The average molecular weight is 324 g/mol. The molecule has 1 aromatic heterocycles. The lowest BCUT2D eigenvalue weighted by atomic mass is 10.2. The molecule has 0 radical (unpaired) electrons. The first-order chi connectivity index (χ1) is 9.44. The summed E-state index contributed by atoms with van der Waals surface area (Å²) in [6, 6.07) is 0. The molecule has 0 bridgehead atoms. The largest absolute Gasteiger partial charge is 0.444 e. The van der Waals surface area contributed by atoms with Crippen molar-refractivity contribution in [3.05, 3.63) is 15.6 Å². The normalized spacial score (nSPS) is 12.1. The first-order valence-corrected chi connectivity index (χ1v) is 6.72. The first-order valence-electron chi connectivity index (χ1n) is 5.90. The SMILES string of the molecule is CN(Cc1sc(C=O)nc1C(F)(F)F)C(=O)OC(C)(C)C. The molecule has 0 saturated carbocycles. The van der Waals surface area contributed by atoms with E-state index in [0.29, 0.717) is 11.3 Å². The van der Waals surface area contributed by atoms with Crippen LogP contribution in [0.2, 0.25) is 0 Å². The van der Waals surface area contributed by atoms with Crippen LogP contribution in [0.15, 0.2) is 0 Å². The quantitative estimate of drug-likeness (QED) is 0.800. The summed E-state index contributed by atoms with van der Waals surface area (Å²) in [5.74, 6) is 0. The Morgan fingerprint density at radius 2 is 1.95 bits per heavy atom. The van der Waals surface area contributed by atoms with Crippen LogP contribution >= 0.6 is 11.3 Å². The van der Waals surface area contributed by atoms with E-state index in [4.69, 9.17) is 4.74 Å². The Morgan fingerprint density at radius 3 is 2.38 bits per heavy atom. The van der Waals surface area contributed by atoms with Crippen molar-refractivity contribution in [3.63, 3.8) is 0 Å². The van der Waals surface area contributed by atoms with E-state index in [1.54, 1.807) is 20.8 Å². The fourth-order valence-corrected chi connectivity index (χ4v) is 2.32. The van der Waals surface area contributed by atoms with Crippen molar-refractivity contribution < 1.29 is 27.5 Å². The van der Waals surface area contributed by atoms with E-state index in [9.17, 15) is 22.8 Å². The number of amides is 1. The van der Waals surface area contributed by atoms with Gasteiger partial charge in [0.2, 0.25) is 0 Å². The van der Waals surface area contributed by atoms with Gasteiger partial charge in [0, 0.05) is 7.05 Å². The second-order valence-corrected chi connectivity index (χ2v) is 6.39. The van der Waals surface area contributed by atoms with Crippen LogP contribution in [0.1, 0.15) is 41.1 Å². The molecule has 1 amide bonds. The van der Waals surface area contributed by atoms with Gasteiger partial charge < -0.3 is 9.64 Å². The molecule has 0 atom stereocenters. The lowest BCUT2D eigenvalue weighted by Gasteiger charge is -2.24. The fourth-order valence-electron chi connectivity index (χ4n) is 1.37. The number of thiazole rings is 1. The van der Waals surface area contributed by atoms with Crippen LogP contribution in [0.25, 0.3) is 0 Å². The average Bonchev–Trinajstić information content (AvgIpc) is 2.69. The van der Waals surface area contributed by atoms with Gasteiger partial charge in [-0.05, 0) is 20.8 Å². The number of hydrogen-bond acceptors (Lipinski definition) is 5. The number of carbonyl (C=O) groups excluding carboxylic acids is 2. The number of nitrogens with zero attached hydrogens (tertiary/aromatic N) is 2. The van der Waals surface area contributed by atoms with Gasteiger partial charge >= 0.3 is 12.3 Å². The van der Waals surface area contributed by atoms with E-state index < -0.39 is 23.6 Å². The molecule has 0 saturated heterocycles. The van der Waals surface area contributed by atoms with E-state index in [1.807, 2.05) is 0 Å². The summed E-state index contributed by atoms with van der Waals surface area (Å²) in [6.07, 6.45) is -5.18. The highest BCUT2D eigenvalue weighted by molar-refractivity contribution is 7.13. The van der Waals surface area contributed by atoms with E-state index >= 15 is 0 Å². The maximum Gasteiger partial charge on any atom is 0.434 e. The minimum Gasteiger partial charge on any atom is -0.444 e. The standard InChI is InChI=1S/C12H15F3N2O3S/c1-11(2,3)20-10(19)17(4)5-7-9(12(13,14)15)16-8(6-18)21-7/h6H,5H2,1-4H3. The zero-order valence-electron chi connectivity index (χ0n) is 11.9. The lowest BCUT2D eigenvalue weighted by Crippen LogP contribution is -2.34. The van der Waals surface area contributed by atoms with Crippen molar-refractivity contribution in [2.45, 2.75) is 39.1 Å². The van der Waals surface area contributed by atoms with E-state index in [0.717, 1.165) is 4.90 Å². The van der Waals surface area contributed by atoms with Crippen molar-refractivity contribution >= 4 is 23.7 Å². The molecule has 21 heavy (non-hydrogen) atoms. The van der Waals surface area contributed by atoms with Gasteiger partial charge in [-0.3, -0.25) is 4.79 Å². The van der Waals surface area contributed by atoms with Gasteiger partial charge in [0.05, 0.1) is 11.4 Å². The maximum absolute atomic E-state index is 12.8. The van der Waals surface area contributed by atoms with Crippen LogP contribution in [0.5, 0.6) is 0 Å². The van der Waals surface area contributed by atoms with Crippen molar-refractivity contribution in [2.24, 2.45) is 0 Å². The maximum atomic E-state index is 12.8. The van der Waals surface area contributed by atoms with Gasteiger partial charge in [-0.1, -0.05) is 0 Å². The smallest absolute Gasteiger partial charge is 0.434 e. The molecule has 9 heteroatoms. The third kappa shape index (κ3) is 5.00. The zero-order valence-corrected chi connectivity index (χ0v) is 12.8. The highest BCUT2D eigenvalue weighted by Gasteiger charge is 2.38. The summed E-state index contributed by atoms with van der Waals surface area (Å²) in [4.78, 5) is 26.3. The van der Waals surface area contributed by atoms with Crippen LogP contribution in [0.4, 0.5) is 18.0 Å². The Bertz CT molecular complexity index is 535. The molecule has 5 nitrogen and oxygen atoms in total. The summed E-state index contributed by atoms with van der Waals surface area (Å²) >= 11 is 0.601. The molecule has 0 aliphatic carbocycles. The molecule has 0 spiro atoms. The van der Waals surface area contributed by atoms with Crippen LogP contribution < -0.4 is 0 Å². The van der Waals surface area contributed by atoms with Gasteiger partial charge in [-0.2, -0.15) is 13.2 Å². The van der Waals surface area contributed by atoms with Crippen LogP contribution in [-0.4, -0.2) is 34.9 Å². The summed E-state index contributed by atoms with van der Waals surface area (Å²) in [5, 5.41) is -0.282. The second-order valence-electron chi connectivity index (χ2n) is 5.28. The molecule has 1 aromatic rings. The monoisotopic (exact) mass is 324 g/mol. The number of ether oxygens (including phenoxy) is 1. The van der Waals surface area contributed by atoms with Crippen molar-refractivity contribution in [1.29, 1.82) is 0 Å². The van der Waals surface area contributed by atoms with Crippen LogP contribution in [-0.2, 0) is 17.5 Å². The first kappa shape index (κ1) is 17.4. The lowest BCUT2D eigenvalue weighted by molar-refractivity contribution is -0.141. The molecule has 0 fully saturated rings.